The second kappa shape index (κ2) is 7.98. The highest BCUT2D eigenvalue weighted by atomic mass is 16.6. The summed E-state index contributed by atoms with van der Waals surface area (Å²) in [6, 6.07) is 7.04. The summed E-state index contributed by atoms with van der Waals surface area (Å²) in [5.74, 6) is -0.176. The number of carbonyl (C=O) groups is 3. The number of hydrogen-bond acceptors (Lipinski definition) is 5. The molecule has 1 heterocycles. The lowest BCUT2D eigenvalue weighted by Crippen LogP contribution is -2.54. The average Bonchev–Trinajstić information content (AvgIpc) is 2.88. The lowest BCUT2D eigenvalue weighted by atomic mass is 9.73. The van der Waals surface area contributed by atoms with Crippen molar-refractivity contribution in [3.8, 4) is 5.75 Å². The fraction of sp³-hybridized carbons (Fsp3) is 0.550. The minimum absolute atomic E-state index is 0.0535. The highest BCUT2D eigenvalue weighted by Crippen LogP contribution is 2.38. The van der Waals surface area contributed by atoms with Gasteiger partial charge in [0.05, 0.1) is 0 Å². The van der Waals surface area contributed by atoms with Crippen LogP contribution in [0.3, 0.4) is 0 Å². The van der Waals surface area contributed by atoms with E-state index in [-0.39, 0.29) is 31.6 Å². The molecule has 3 amide bonds. The maximum Gasteiger partial charge on any atom is 0.326 e. The van der Waals surface area contributed by atoms with E-state index in [1.807, 2.05) is 38.1 Å². The summed E-state index contributed by atoms with van der Waals surface area (Å²) in [5.41, 5.74) is 0.275. The van der Waals surface area contributed by atoms with Crippen molar-refractivity contribution in [2.75, 3.05) is 19.8 Å². The SMILES string of the molecule is Cc1ccc(OCCOC(=O)CN2C(=O)NC3(CCCCC3C)C2=O)cc1. The van der Waals surface area contributed by atoms with E-state index in [4.69, 9.17) is 9.47 Å². The maximum absolute atomic E-state index is 12.8. The van der Waals surface area contributed by atoms with Gasteiger partial charge in [-0.2, -0.15) is 0 Å². The number of rotatable bonds is 6. The molecular weight excluding hydrogens is 348 g/mol. The summed E-state index contributed by atoms with van der Waals surface area (Å²) in [6.45, 7) is 3.85. The number of amides is 3. The molecular formula is C20H26N2O5. The molecule has 1 aromatic rings. The van der Waals surface area contributed by atoms with E-state index in [2.05, 4.69) is 5.32 Å². The molecule has 1 aliphatic heterocycles. The quantitative estimate of drug-likeness (QED) is 0.470. The highest BCUT2D eigenvalue weighted by Gasteiger charge is 2.55. The number of aryl methyl sites for hydroxylation is 1. The van der Waals surface area contributed by atoms with Gasteiger partial charge in [-0.05, 0) is 37.8 Å². The minimum atomic E-state index is -0.857. The third-order valence-corrected chi connectivity index (χ3v) is 5.42. The third-order valence-electron chi connectivity index (χ3n) is 5.42. The first-order chi connectivity index (χ1) is 12.9. The second-order valence-electron chi connectivity index (χ2n) is 7.32. The standard InChI is InChI=1S/C20H26N2O5/c1-14-6-8-16(9-7-14)26-11-12-27-17(23)13-22-18(24)20(21-19(22)25)10-4-3-5-15(20)2/h6-9,15H,3-5,10-13H2,1-2H3,(H,21,25). The second-order valence-corrected chi connectivity index (χ2v) is 7.32. The number of ether oxygens (including phenoxy) is 2. The van der Waals surface area contributed by atoms with Crippen LogP contribution in [0.2, 0.25) is 0 Å². The predicted molar refractivity (Wildman–Crippen MR) is 98.2 cm³/mol. The molecule has 7 nitrogen and oxygen atoms in total. The molecule has 1 aromatic carbocycles. The lowest BCUT2D eigenvalue weighted by Gasteiger charge is -2.36. The minimum Gasteiger partial charge on any atom is -0.490 e. The Morgan fingerprint density at radius 3 is 2.67 bits per heavy atom. The molecule has 2 atom stereocenters. The molecule has 1 N–H and O–H groups in total. The van der Waals surface area contributed by atoms with Crippen LogP contribution in [0.15, 0.2) is 24.3 Å². The van der Waals surface area contributed by atoms with Crippen LogP contribution >= 0.6 is 0 Å². The molecule has 1 saturated carbocycles. The molecule has 2 fully saturated rings. The molecule has 0 bridgehead atoms. The largest absolute Gasteiger partial charge is 0.490 e. The van der Waals surface area contributed by atoms with Gasteiger partial charge in [0.15, 0.2) is 0 Å². The van der Waals surface area contributed by atoms with Crippen LogP contribution < -0.4 is 10.1 Å². The summed E-state index contributed by atoms with van der Waals surface area (Å²) in [5, 5.41) is 2.82. The first-order valence-electron chi connectivity index (χ1n) is 9.41. The van der Waals surface area contributed by atoms with Crippen molar-refractivity contribution in [2.45, 2.75) is 45.1 Å². The number of nitrogens with one attached hydrogen (secondary N) is 1. The summed E-state index contributed by atoms with van der Waals surface area (Å²) < 4.78 is 10.6. The molecule has 1 saturated heterocycles. The first-order valence-corrected chi connectivity index (χ1v) is 9.41. The van der Waals surface area contributed by atoms with Gasteiger partial charge in [0.2, 0.25) is 0 Å². The smallest absolute Gasteiger partial charge is 0.326 e. The molecule has 27 heavy (non-hydrogen) atoms. The van der Waals surface area contributed by atoms with Gasteiger partial charge in [0.1, 0.15) is 31.0 Å². The first kappa shape index (κ1) is 19.2. The predicted octanol–water partition coefficient (Wildman–Crippen LogP) is 2.42. The zero-order valence-electron chi connectivity index (χ0n) is 15.8. The summed E-state index contributed by atoms with van der Waals surface area (Å²) >= 11 is 0. The van der Waals surface area contributed by atoms with Gasteiger partial charge in [-0.15, -0.1) is 0 Å². The van der Waals surface area contributed by atoms with Crippen LogP contribution in [0.25, 0.3) is 0 Å². The van der Waals surface area contributed by atoms with Gasteiger partial charge < -0.3 is 14.8 Å². The molecule has 2 aliphatic rings. The molecule has 1 aliphatic carbocycles. The normalized spacial score (nSPS) is 24.8. The number of hydrogen-bond donors (Lipinski definition) is 1. The van der Waals surface area contributed by atoms with Gasteiger partial charge in [-0.25, -0.2) is 4.79 Å². The topological polar surface area (TPSA) is 84.9 Å². The van der Waals surface area contributed by atoms with E-state index < -0.39 is 17.5 Å². The van der Waals surface area contributed by atoms with Crippen molar-refractivity contribution < 1.29 is 23.9 Å². The molecule has 0 aromatic heterocycles. The average molecular weight is 374 g/mol. The van der Waals surface area contributed by atoms with E-state index in [0.29, 0.717) is 12.2 Å². The summed E-state index contributed by atoms with van der Waals surface area (Å²) in [4.78, 5) is 38.1. The van der Waals surface area contributed by atoms with E-state index in [1.165, 1.54) is 0 Å². The van der Waals surface area contributed by atoms with Crippen LogP contribution in [-0.2, 0) is 14.3 Å². The van der Waals surface area contributed by atoms with Crippen molar-refractivity contribution in [3.63, 3.8) is 0 Å². The number of carbonyl (C=O) groups excluding carboxylic acids is 3. The van der Waals surface area contributed by atoms with Crippen molar-refractivity contribution >= 4 is 17.9 Å². The van der Waals surface area contributed by atoms with Crippen LogP contribution in [0, 0.1) is 12.8 Å². The lowest BCUT2D eigenvalue weighted by molar-refractivity contribution is -0.149. The van der Waals surface area contributed by atoms with Crippen molar-refractivity contribution in [3.05, 3.63) is 29.8 Å². The van der Waals surface area contributed by atoms with Crippen LogP contribution in [-0.4, -0.2) is 48.1 Å². The van der Waals surface area contributed by atoms with Crippen molar-refractivity contribution in [1.29, 1.82) is 0 Å². The van der Waals surface area contributed by atoms with E-state index >= 15 is 0 Å². The number of urea groups is 1. The third kappa shape index (κ3) is 4.07. The molecule has 1 spiro atoms. The monoisotopic (exact) mass is 374 g/mol. The molecule has 2 unspecified atom stereocenters. The molecule has 7 heteroatoms. The fourth-order valence-corrected chi connectivity index (χ4v) is 3.76. The van der Waals surface area contributed by atoms with Crippen molar-refractivity contribution in [1.82, 2.24) is 10.2 Å². The van der Waals surface area contributed by atoms with E-state index in [0.717, 1.165) is 29.7 Å². The summed E-state index contributed by atoms with van der Waals surface area (Å²) in [6.07, 6.45) is 3.45. The number of benzene rings is 1. The molecule has 146 valence electrons. The number of esters is 1. The fourth-order valence-electron chi connectivity index (χ4n) is 3.76. The zero-order chi connectivity index (χ0) is 19.4. The van der Waals surface area contributed by atoms with Crippen LogP contribution in [0.4, 0.5) is 4.79 Å². The van der Waals surface area contributed by atoms with E-state index in [1.54, 1.807) is 0 Å². The van der Waals surface area contributed by atoms with Crippen LogP contribution in [0.1, 0.15) is 38.2 Å². The number of imide groups is 1. The Labute approximate surface area is 159 Å². The van der Waals surface area contributed by atoms with Gasteiger partial charge in [-0.1, -0.05) is 37.5 Å². The number of nitrogens with zero attached hydrogens (tertiary/aromatic N) is 1. The Kier molecular flexibility index (Phi) is 5.68. The Bertz CT molecular complexity index is 718. The molecule has 3 rings (SSSR count). The summed E-state index contributed by atoms with van der Waals surface area (Å²) in [7, 11) is 0. The van der Waals surface area contributed by atoms with Gasteiger partial charge in [0, 0.05) is 0 Å². The van der Waals surface area contributed by atoms with Gasteiger partial charge in [0.25, 0.3) is 5.91 Å². The highest BCUT2D eigenvalue weighted by molar-refractivity contribution is 6.08. The van der Waals surface area contributed by atoms with Gasteiger partial charge in [-0.3, -0.25) is 14.5 Å². The Hall–Kier alpha value is -2.57. The van der Waals surface area contributed by atoms with Crippen LogP contribution in [0.5, 0.6) is 5.75 Å². The Morgan fingerprint density at radius 2 is 1.96 bits per heavy atom. The maximum atomic E-state index is 12.8. The Balaban J connectivity index is 1.47. The zero-order valence-corrected chi connectivity index (χ0v) is 15.8. The Morgan fingerprint density at radius 1 is 1.22 bits per heavy atom. The molecule has 0 radical (unpaired) electrons. The van der Waals surface area contributed by atoms with E-state index in [9.17, 15) is 14.4 Å². The van der Waals surface area contributed by atoms with Crippen molar-refractivity contribution in [2.24, 2.45) is 5.92 Å². The van der Waals surface area contributed by atoms with Gasteiger partial charge >= 0.3 is 12.0 Å².